The van der Waals surface area contributed by atoms with Gasteiger partial charge in [0.05, 0.1) is 0 Å². The van der Waals surface area contributed by atoms with E-state index in [1.54, 1.807) is 38.3 Å². The number of aromatic nitrogens is 2. The summed E-state index contributed by atoms with van der Waals surface area (Å²) in [5.41, 5.74) is -0.567. The van der Waals surface area contributed by atoms with Gasteiger partial charge in [0.1, 0.15) is 5.56 Å². The van der Waals surface area contributed by atoms with Crippen LogP contribution in [0.2, 0.25) is 0 Å². The van der Waals surface area contributed by atoms with Crippen LogP contribution in [0.15, 0.2) is 39.9 Å². The largest absolute Gasteiger partial charge is 0.494 e. The van der Waals surface area contributed by atoms with Gasteiger partial charge in [-0.2, -0.15) is 0 Å². The Morgan fingerprint density at radius 2 is 1.95 bits per heavy atom. The van der Waals surface area contributed by atoms with Crippen molar-refractivity contribution in [1.82, 2.24) is 9.55 Å². The summed E-state index contributed by atoms with van der Waals surface area (Å²) < 4.78 is 6.17. The molecule has 0 aliphatic rings. The van der Waals surface area contributed by atoms with Crippen molar-refractivity contribution in [2.24, 2.45) is 0 Å². The van der Waals surface area contributed by atoms with Crippen LogP contribution in [0, 0.1) is 0 Å². The summed E-state index contributed by atoms with van der Waals surface area (Å²) in [7, 11) is 1.57. The summed E-state index contributed by atoms with van der Waals surface area (Å²) in [5.74, 6) is -0.321. The predicted octanol–water partition coefficient (Wildman–Crippen LogP) is 1.51. The van der Waals surface area contributed by atoms with Crippen molar-refractivity contribution < 1.29 is 9.84 Å². The van der Waals surface area contributed by atoms with E-state index in [4.69, 9.17) is 4.74 Å². The van der Waals surface area contributed by atoms with Crippen molar-refractivity contribution in [2.75, 3.05) is 13.7 Å². The van der Waals surface area contributed by atoms with E-state index in [1.165, 1.54) is 4.57 Å². The Kier molecular flexibility index (Phi) is 4.59. The highest BCUT2D eigenvalue weighted by atomic mass is 16.5. The van der Waals surface area contributed by atoms with Crippen molar-refractivity contribution in [2.45, 2.75) is 19.4 Å². The smallest absolute Gasteiger partial charge is 0.331 e. The molecule has 0 aliphatic carbocycles. The lowest BCUT2D eigenvalue weighted by atomic mass is 10.1. The van der Waals surface area contributed by atoms with E-state index in [9.17, 15) is 14.7 Å². The first-order valence-electron chi connectivity index (χ1n) is 6.68. The van der Waals surface area contributed by atoms with Gasteiger partial charge < -0.3 is 9.84 Å². The van der Waals surface area contributed by atoms with Crippen LogP contribution in [0.1, 0.15) is 19.4 Å². The number of hydrogen-bond acceptors (Lipinski definition) is 4. The first-order chi connectivity index (χ1) is 10.1. The van der Waals surface area contributed by atoms with E-state index in [0.29, 0.717) is 18.6 Å². The minimum absolute atomic E-state index is 0.0967. The van der Waals surface area contributed by atoms with Crippen LogP contribution in [0.4, 0.5) is 0 Å². The standard InChI is InChI=1S/C15H18N2O4/c1-10(8-9-21-2)17-14(19)12(13(18)16-15(17)20)11-6-4-3-5-7-11/h3-7,10,19H,8-9H2,1-2H3,(H,16,18,20). The molecule has 0 saturated carbocycles. The van der Waals surface area contributed by atoms with Crippen LogP contribution in [0.3, 0.4) is 0 Å². The fraction of sp³-hybridized carbons (Fsp3) is 0.333. The second-order valence-corrected chi connectivity index (χ2v) is 4.82. The normalized spacial score (nSPS) is 12.3. The van der Waals surface area contributed by atoms with Gasteiger partial charge in [-0.1, -0.05) is 30.3 Å². The summed E-state index contributed by atoms with van der Waals surface area (Å²) in [6.07, 6.45) is 0.546. The van der Waals surface area contributed by atoms with Crippen LogP contribution < -0.4 is 11.2 Å². The van der Waals surface area contributed by atoms with Crippen molar-refractivity contribution in [3.05, 3.63) is 51.2 Å². The first kappa shape index (κ1) is 15.1. The number of methoxy groups -OCH3 is 1. The lowest BCUT2D eigenvalue weighted by Gasteiger charge is -2.17. The molecule has 0 fully saturated rings. The average Bonchev–Trinajstić information content (AvgIpc) is 2.45. The highest BCUT2D eigenvalue weighted by molar-refractivity contribution is 5.67. The Bertz CT molecular complexity index is 719. The highest BCUT2D eigenvalue weighted by Gasteiger charge is 2.19. The van der Waals surface area contributed by atoms with Crippen molar-refractivity contribution in [3.63, 3.8) is 0 Å². The summed E-state index contributed by atoms with van der Waals surface area (Å²) >= 11 is 0. The van der Waals surface area contributed by atoms with Gasteiger partial charge in [-0.15, -0.1) is 0 Å². The van der Waals surface area contributed by atoms with E-state index < -0.39 is 11.2 Å². The summed E-state index contributed by atoms with van der Waals surface area (Å²) in [4.78, 5) is 26.2. The Hall–Kier alpha value is -2.34. The van der Waals surface area contributed by atoms with Gasteiger partial charge in [0.15, 0.2) is 0 Å². The Labute approximate surface area is 121 Å². The van der Waals surface area contributed by atoms with Crippen LogP contribution >= 0.6 is 0 Å². The molecule has 1 aromatic heterocycles. The second-order valence-electron chi connectivity index (χ2n) is 4.82. The van der Waals surface area contributed by atoms with Gasteiger partial charge in [-0.25, -0.2) is 4.79 Å². The molecule has 0 radical (unpaired) electrons. The number of nitrogens with zero attached hydrogens (tertiary/aromatic N) is 1. The molecule has 0 bridgehead atoms. The average molecular weight is 290 g/mol. The molecule has 1 aromatic carbocycles. The third-order valence-electron chi connectivity index (χ3n) is 3.36. The maximum Gasteiger partial charge on any atom is 0.331 e. The number of hydrogen-bond donors (Lipinski definition) is 2. The van der Waals surface area contributed by atoms with Crippen LogP contribution in [0.5, 0.6) is 5.88 Å². The zero-order valence-corrected chi connectivity index (χ0v) is 12.0. The zero-order chi connectivity index (χ0) is 15.4. The van der Waals surface area contributed by atoms with Crippen molar-refractivity contribution in [3.8, 4) is 17.0 Å². The van der Waals surface area contributed by atoms with Crippen LogP contribution in [-0.4, -0.2) is 28.4 Å². The van der Waals surface area contributed by atoms with Gasteiger partial charge in [0, 0.05) is 19.8 Å². The number of ether oxygens (including phenoxy) is 1. The topological polar surface area (TPSA) is 84.3 Å². The highest BCUT2D eigenvalue weighted by Crippen LogP contribution is 2.26. The molecular weight excluding hydrogens is 272 g/mol. The Morgan fingerprint density at radius 1 is 1.29 bits per heavy atom. The van der Waals surface area contributed by atoms with Gasteiger partial charge in [-0.05, 0) is 18.9 Å². The monoisotopic (exact) mass is 290 g/mol. The van der Waals surface area contributed by atoms with E-state index in [-0.39, 0.29) is 17.5 Å². The molecule has 0 saturated heterocycles. The predicted molar refractivity (Wildman–Crippen MR) is 79.6 cm³/mol. The molecule has 6 nitrogen and oxygen atoms in total. The molecular formula is C15H18N2O4. The summed E-state index contributed by atoms with van der Waals surface area (Å²) in [6.45, 7) is 2.24. The lowest BCUT2D eigenvalue weighted by Crippen LogP contribution is -2.33. The number of aromatic amines is 1. The first-order valence-corrected chi connectivity index (χ1v) is 6.68. The molecule has 0 aliphatic heterocycles. The number of nitrogens with one attached hydrogen (secondary N) is 1. The molecule has 2 N–H and O–H groups in total. The Morgan fingerprint density at radius 3 is 2.57 bits per heavy atom. The number of aromatic hydroxyl groups is 1. The fourth-order valence-corrected chi connectivity index (χ4v) is 2.23. The third-order valence-corrected chi connectivity index (χ3v) is 3.36. The van der Waals surface area contributed by atoms with Crippen molar-refractivity contribution >= 4 is 0 Å². The second kappa shape index (κ2) is 6.41. The number of rotatable bonds is 5. The third kappa shape index (κ3) is 3.05. The summed E-state index contributed by atoms with van der Waals surface area (Å²) in [6, 6.07) is 8.46. The molecule has 2 rings (SSSR count). The molecule has 2 aromatic rings. The van der Waals surface area contributed by atoms with Gasteiger partial charge in [0.2, 0.25) is 5.88 Å². The minimum Gasteiger partial charge on any atom is -0.494 e. The van der Waals surface area contributed by atoms with E-state index in [1.807, 2.05) is 6.07 Å². The van der Waals surface area contributed by atoms with E-state index in [0.717, 1.165) is 0 Å². The SMILES string of the molecule is COCCC(C)n1c(O)c(-c2ccccc2)c(=O)[nH]c1=O. The molecule has 1 unspecified atom stereocenters. The molecule has 0 amide bonds. The number of H-pyrrole nitrogens is 1. The molecule has 21 heavy (non-hydrogen) atoms. The van der Waals surface area contributed by atoms with E-state index in [2.05, 4.69) is 4.98 Å². The van der Waals surface area contributed by atoms with Gasteiger partial charge >= 0.3 is 5.69 Å². The zero-order valence-electron chi connectivity index (χ0n) is 12.0. The van der Waals surface area contributed by atoms with Gasteiger partial charge in [-0.3, -0.25) is 14.3 Å². The van der Waals surface area contributed by atoms with Crippen LogP contribution in [-0.2, 0) is 4.74 Å². The summed E-state index contributed by atoms with van der Waals surface area (Å²) in [5, 5.41) is 10.4. The lowest BCUT2D eigenvalue weighted by molar-refractivity contribution is 0.178. The number of benzene rings is 1. The molecule has 6 heteroatoms. The molecule has 1 atom stereocenters. The van der Waals surface area contributed by atoms with Gasteiger partial charge in [0.25, 0.3) is 5.56 Å². The molecule has 1 heterocycles. The Balaban J connectivity index is 2.59. The minimum atomic E-state index is -0.624. The maximum atomic E-state index is 12.0. The molecule has 112 valence electrons. The maximum absolute atomic E-state index is 12.0. The van der Waals surface area contributed by atoms with E-state index >= 15 is 0 Å². The van der Waals surface area contributed by atoms with Crippen molar-refractivity contribution in [1.29, 1.82) is 0 Å². The van der Waals surface area contributed by atoms with Crippen LogP contribution in [0.25, 0.3) is 11.1 Å². The fourth-order valence-electron chi connectivity index (χ4n) is 2.23. The molecule has 0 spiro atoms. The quantitative estimate of drug-likeness (QED) is 0.874.